The molecule has 3 rings (SSSR count). The van der Waals surface area contributed by atoms with Gasteiger partial charge in [-0.3, -0.25) is 4.90 Å². The summed E-state index contributed by atoms with van der Waals surface area (Å²) in [6.07, 6.45) is 0. The lowest BCUT2D eigenvalue weighted by Gasteiger charge is -2.26. The Morgan fingerprint density at radius 2 is 2.05 bits per heavy atom. The number of hydrogen-bond acceptors (Lipinski definition) is 4. The van der Waals surface area contributed by atoms with Crippen LogP contribution >= 0.6 is 11.3 Å². The molecular formula is C17H22N2OS. The van der Waals surface area contributed by atoms with Gasteiger partial charge in [-0.1, -0.05) is 12.1 Å². The lowest BCUT2D eigenvalue weighted by molar-refractivity contribution is 0.0342. The first kappa shape index (κ1) is 14.6. The number of hydrogen-bond donors (Lipinski definition) is 1. The van der Waals surface area contributed by atoms with Crippen molar-refractivity contribution in [2.24, 2.45) is 0 Å². The molecule has 1 aliphatic heterocycles. The standard InChI is InChI=1S/C17H22N2OS/c1-14-2-3-15(12-19-5-7-20-8-6-19)10-17(14)18-11-16-4-9-21-13-16/h2-4,9-10,13,18H,5-8,11-12H2,1H3. The van der Waals surface area contributed by atoms with Gasteiger partial charge in [0.15, 0.2) is 0 Å². The molecule has 1 N–H and O–H groups in total. The number of benzene rings is 1. The fourth-order valence-corrected chi connectivity index (χ4v) is 3.23. The van der Waals surface area contributed by atoms with E-state index < -0.39 is 0 Å². The van der Waals surface area contributed by atoms with Gasteiger partial charge in [-0.05, 0) is 46.5 Å². The van der Waals surface area contributed by atoms with E-state index in [2.05, 4.69) is 52.2 Å². The first-order valence-electron chi connectivity index (χ1n) is 7.46. The van der Waals surface area contributed by atoms with Crippen LogP contribution in [0.1, 0.15) is 16.7 Å². The minimum Gasteiger partial charge on any atom is -0.381 e. The highest BCUT2D eigenvalue weighted by Gasteiger charge is 2.11. The summed E-state index contributed by atoms with van der Waals surface area (Å²) in [5.74, 6) is 0. The predicted octanol–water partition coefficient (Wildman–Crippen LogP) is 3.50. The van der Waals surface area contributed by atoms with Crippen molar-refractivity contribution in [3.8, 4) is 0 Å². The minimum absolute atomic E-state index is 0.856. The number of morpholine rings is 1. The third-order valence-corrected chi connectivity index (χ3v) is 4.61. The molecule has 21 heavy (non-hydrogen) atoms. The van der Waals surface area contributed by atoms with Crippen LogP contribution in [-0.4, -0.2) is 31.2 Å². The average Bonchev–Trinajstić information content (AvgIpc) is 3.02. The smallest absolute Gasteiger partial charge is 0.0594 e. The van der Waals surface area contributed by atoms with Crippen LogP contribution in [0.3, 0.4) is 0 Å². The molecular weight excluding hydrogens is 280 g/mol. The lowest BCUT2D eigenvalue weighted by Crippen LogP contribution is -2.35. The van der Waals surface area contributed by atoms with Gasteiger partial charge in [0.25, 0.3) is 0 Å². The Morgan fingerprint density at radius 1 is 1.19 bits per heavy atom. The zero-order valence-corrected chi connectivity index (χ0v) is 13.3. The van der Waals surface area contributed by atoms with Crippen molar-refractivity contribution in [3.63, 3.8) is 0 Å². The van der Waals surface area contributed by atoms with Gasteiger partial charge in [0.2, 0.25) is 0 Å². The van der Waals surface area contributed by atoms with Gasteiger partial charge in [0.05, 0.1) is 13.2 Å². The molecule has 1 fully saturated rings. The first-order valence-corrected chi connectivity index (χ1v) is 8.40. The molecule has 0 spiro atoms. The number of ether oxygens (including phenoxy) is 1. The molecule has 0 saturated carbocycles. The Kier molecular flexibility index (Phi) is 4.91. The van der Waals surface area contributed by atoms with Crippen LogP contribution in [0.2, 0.25) is 0 Å². The summed E-state index contributed by atoms with van der Waals surface area (Å²) in [6.45, 7) is 7.85. The molecule has 1 aromatic heterocycles. The van der Waals surface area contributed by atoms with E-state index in [1.165, 1.54) is 22.4 Å². The van der Waals surface area contributed by atoms with Gasteiger partial charge in [-0.15, -0.1) is 0 Å². The van der Waals surface area contributed by atoms with E-state index in [0.29, 0.717) is 0 Å². The van der Waals surface area contributed by atoms with Gasteiger partial charge in [0, 0.05) is 31.9 Å². The monoisotopic (exact) mass is 302 g/mol. The third kappa shape index (κ3) is 4.06. The fourth-order valence-electron chi connectivity index (χ4n) is 2.57. The fraction of sp³-hybridized carbons (Fsp3) is 0.412. The number of aryl methyl sites for hydroxylation is 1. The van der Waals surface area contributed by atoms with Crippen LogP contribution in [0.5, 0.6) is 0 Å². The van der Waals surface area contributed by atoms with Crippen LogP contribution in [0, 0.1) is 6.92 Å². The molecule has 0 radical (unpaired) electrons. The van der Waals surface area contributed by atoms with Crippen molar-refractivity contribution in [2.45, 2.75) is 20.0 Å². The minimum atomic E-state index is 0.856. The quantitative estimate of drug-likeness (QED) is 0.915. The van der Waals surface area contributed by atoms with Crippen molar-refractivity contribution in [1.82, 2.24) is 4.90 Å². The van der Waals surface area contributed by atoms with Crippen LogP contribution in [0.15, 0.2) is 35.0 Å². The lowest BCUT2D eigenvalue weighted by atomic mass is 10.1. The number of thiophene rings is 1. The van der Waals surface area contributed by atoms with E-state index in [0.717, 1.165) is 39.4 Å². The van der Waals surface area contributed by atoms with Crippen molar-refractivity contribution >= 4 is 17.0 Å². The Morgan fingerprint density at radius 3 is 2.81 bits per heavy atom. The van der Waals surface area contributed by atoms with Crippen LogP contribution in [-0.2, 0) is 17.8 Å². The zero-order valence-electron chi connectivity index (χ0n) is 12.5. The maximum absolute atomic E-state index is 5.41. The molecule has 0 unspecified atom stereocenters. The third-order valence-electron chi connectivity index (χ3n) is 3.87. The van der Waals surface area contributed by atoms with Crippen molar-refractivity contribution < 1.29 is 4.74 Å². The summed E-state index contributed by atoms with van der Waals surface area (Å²) >= 11 is 1.75. The highest BCUT2D eigenvalue weighted by molar-refractivity contribution is 7.07. The molecule has 0 bridgehead atoms. The van der Waals surface area contributed by atoms with E-state index in [4.69, 9.17) is 4.74 Å². The second kappa shape index (κ2) is 7.07. The van der Waals surface area contributed by atoms with E-state index in [-0.39, 0.29) is 0 Å². The highest BCUT2D eigenvalue weighted by atomic mass is 32.1. The number of rotatable bonds is 5. The molecule has 1 aromatic carbocycles. The number of nitrogens with one attached hydrogen (secondary N) is 1. The molecule has 3 nitrogen and oxygen atoms in total. The van der Waals surface area contributed by atoms with Crippen LogP contribution in [0.4, 0.5) is 5.69 Å². The topological polar surface area (TPSA) is 24.5 Å². The van der Waals surface area contributed by atoms with E-state index in [9.17, 15) is 0 Å². The molecule has 2 heterocycles. The number of nitrogens with zero attached hydrogens (tertiary/aromatic N) is 1. The van der Waals surface area contributed by atoms with Crippen LogP contribution < -0.4 is 5.32 Å². The summed E-state index contributed by atoms with van der Waals surface area (Å²) in [5, 5.41) is 7.87. The molecule has 0 aliphatic carbocycles. The summed E-state index contributed by atoms with van der Waals surface area (Å²) in [7, 11) is 0. The molecule has 1 saturated heterocycles. The highest BCUT2D eigenvalue weighted by Crippen LogP contribution is 2.20. The summed E-state index contributed by atoms with van der Waals surface area (Å²) < 4.78 is 5.41. The Bertz CT molecular complexity index is 562. The Labute approximate surface area is 130 Å². The van der Waals surface area contributed by atoms with Gasteiger partial charge < -0.3 is 10.1 Å². The Hall–Kier alpha value is -1.36. The van der Waals surface area contributed by atoms with Crippen molar-refractivity contribution in [1.29, 1.82) is 0 Å². The van der Waals surface area contributed by atoms with Crippen molar-refractivity contribution in [2.75, 3.05) is 31.6 Å². The van der Waals surface area contributed by atoms with E-state index in [1.54, 1.807) is 11.3 Å². The maximum Gasteiger partial charge on any atom is 0.0594 e. The largest absolute Gasteiger partial charge is 0.381 e. The van der Waals surface area contributed by atoms with Gasteiger partial charge in [0.1, 0.15) is 0 Å². The second-order valence-electron chi connectivity index (χ2n) is 5.52. The van der Waals surface area contributed by atoms with Gasteiger partial charge in [-0.25, -0.2) is 0 Å². The number of anilines is 1. The van der Waals surface area contributed by atoms with E-state index in [1.807, 2.05) is 0 Å². The molecule has 112 valence electrons. The van der Waals surface area contributed by atoms with Crippen molar-refractivity contribution in [3.05, 3.63) is 51.7 Å². The first-order chi connectivity index (χ1) is 10.3. The summed E-state index contributed by atoms with van der Waals surface area (Å²) in [5.41, 5.74) is 5.26. The van der Waals surface area contributed by atoms with E-state index >= 15 is 0 Å². The average molecular weight is 302 g/mol. The zero-order chi connectivity index (χ0) is 14.5. The normalized spacial score (nSPS) is 16.0. The molecule has 0 amide bonds. The summed E-state index contributed by atoms with van der Waals surface area (Å²) in [4.78, 5) is 2.46. The maximum atomic E-state index is 5.41. The predicted molar refractivity (Wildman–Crippen MR) is 88.9 cm³/mol. The molecule has 0 atom stereocenters. The van der Waals surface area contributed by atoms with Gasteiger partial charge in [-0.2, -0.15) is 11.3 Å². The molecule has 2 aromatic rings. The Balaban J connectivity index is 1.64. The van der Waals surface area contributed by atoms with Crippen LogP contribution in [0.25, 0.3) is 0 Å². The summed E-state index contributed by atoms with van der Waals surface area (Å²) in [6, 6.07) is 8.91. The SMILES string of the molecule is Cc1ccc(CN2CCOCC2)cc1NCc1ccsc1. The van der Waals surface area contributed by atoms with Gasteiger partial charge >= 0.3 is 0 Å². The molecule has 4 heteroatoms. The molecule has 1 aliphatic rings. The second-order valence-corrected chi connectivity index (χ2v) is 6.30.